The number of rotatable bonds is 5. The molecule has 0 spiro atoms. The van der Waals surface area contributed by atoms with Crippen molar-refractivity contribution in [2.75, 3.05) is 13.1 Å². The second kappa shape index (κ2) is 7.13. The van der Waals surface area contributed by atoms with Gasteiger partial charge >= 0.3 is 0 Å². The highest BCUT2D eigenvalue weighted by atomic mass is 16.4. The maximum absolute atomic E-state index is 12.3. The molecule has 0 bridgehead atoms. The number of carbonyl (C=O) groups is 1. The van der Waals surface area contributed by atoms with Crippen molar-refractivity contribution >= 4 is 16.8 Å². The molecule has 2 N–H and O–H groups in total. The minimum Gasteiger partial charge on any atom is -0.455 e. The highest BCUT2D eigenvalue weighted by molar-refractivity contribution is 5.91. The predicted octanol–water partition coefficient (Wildman–Crippen LogP) is 2.04. The number of carbonyl (C=O) groups excluding carboxylic acids is 1. The largest absolute Gasteiger partial charge is 0.455 e. The van der Waals surface area contributed by atoms with Crippen LogP contribution < -0.4 is 10.9 Å². The Hall–Kier alpha value is -2.93. The van der Waals surface area contributed by atoms with Gasteiger partial charge in [-0.2, -0.15) is 0 Å². The van der Waals surface area contributed by atoms with Crippen LogP contribution in [0, 0.1) is 0 Å². The van der Waals surface area contributed by atoms with Crippen molar-refractivity contribution < 1.29 is 9.21 Å². The molecule has 1 aromatic carbocycles. The van der Waals surface area contributed by atoms with Crippen molar-refractivity contribution in [3.63, 3.8) is 0 Å². The lowest BCUT2D eigenvalue weighted by Gasteiger charge is -2.11. The molecule has 7 heteroatoms. The molecule has 1 saturated heterocycles. The summed E-state index contributed by atoms with van der Waals surface area (Å²) in [6.07, 6.45) is 2.43. The monoisotopic (exact) mass is 352 g/mol. The number of fused-ring (bicyclic) bond motifs is 1. The van der Waals surface area contributed by atoms with Gasteiger partial charge < -0.3 is 14.7 Å². The molecule has 26 heavy (non-hydrogen) atoms. The van der Waals surface area contributed by atoms with Gasteiger partial charge in [-0.15, -0.1) is 0 Å². The van der Waals surface area contributed by atoms with E-state index in [0.717, 1.165) is 25.4 Å². The van der Waals surface area contributed by atoms with Gasteiger partial charge in [0, 0.05) is 0 Å². The fourth-order valence-electron chi connectivity index (χ4n) is 3.22. The number of hydrogen-bond acceptors (Lipinski definition) is 5. The van der Waals surface area contributed by atoms with Crippen LogP contribution in [0.4, 0.5) is 0 Å². The smallest absolute Gasteiger partial charge is 0.287 e. The molecule has 0 aliphatic carbocycles. The van der Waals surface area contributed by atoms with Crippen LogP contribution >= 0.6 is 0 Å². The first-order chi connectivity index (χ1) is 12.7. The number of para-hydroxylation sites is 1. The normalized spacial score (nSPS) is 14.8. The second-order valence-corrected chi connectivity index (χ2v) is 6.46. The lowest BCUT2D eigenvalue weighted by atomic mass is 10.2. The summed E-state index contributed by atoms with van der Waals surface area (Å²) in [5.41, 5.74) is 0.386. The average molecular weight is 352 g/mol. The summed E-state index contributed by atoms with van der Waals surface area (Å²) in [6.45, 7) is 3.00. The minimum atomic E-state index is -0.325. The van der Waals surface area contributed by atoms with Gasteiger partial charge in [0.2, 0.25) is 0 Å². The Morgan fingerprint density at radius 1 is 1.19 bits per heavy atom. The van der Waals surface area contributed by atoms with E-state index in [4.69, 9.17) is 4.42 Å². The number of nitrogens with one attached hydrogen (secondary N) is 2. The number of H-pyrrole nitrogens is 1. The third-order valence-corrected chi connectivity index (χ3v) is 4.54. The maximum Gasteiger partial charge on any atom is 0.287 e. The Bertz CT molecular complexity index is 986. The maximum atomic E-state index is 12.3. The van der Waals surface area contributed by atoms with Crippen molar-refractivity contribution in [2.45, 2.75) is 25.9 Å². The van der Waals surface area contributed by atoms with E-state index >= 15 is 0 Å². The third kappa shape index (κ3) is 3.52. The SMILES string of the molecule is O=C(NCc1nc2ccccc2c(=O)[nH]1)c1ccc(CN2CCCC2)o1. The van der Waals surface area contributed by atoms with Crippen LogP contribution in [0.2, 0.25) is 0 Å². The fourth-order valence-corrected chi connectivity index (χ4v) is 3.22. The van der Waals surface area contributed by atoms with Gasteiger partial charge in [0.05, 0.1) is 24.0 Å². The molecule has 1 aliphatic heterocycles. The van der Waals surface area contributed by atoms with Gasteiger partial charge in [-0.3, -0.25) is 14.5 Å². The van der Waals surface area contributed by atoms with Gasteiger partial charge in [-0.25, -0.2) is 4.98 Å². The molecule has 1 aliphatic rings. The molecular weight excluding hydrogens is 332 g/mol. The molecule has 3 heterocycles. The first-order valence-electron chi connectivity index (χ1n) is 8.76. The van der Waals surface area contributed by atoms with Crippen LogP contribution in [0.15, 0.2) is 45.6 Å². The van der Waals surface area contributed by atoms with E-state index in [-0.39, 0.29) is 23.8 Å². The first-order valence-corrected chi connectivity index (χ1v) is 8.76. The van der Waals surface area contributed by atoms with Crippen LogP contribution in [0.25, 0.3) is 10.9 Å². The van der Waals surface area contributed by atoms with E-state index < -0.39 is 0 Å². The summed E-state index contributed by atoms with van der Waals surface area (Å²) < 4.78 is 5.64. The second-order valence-electron chi connectivity index (χ2n) is 6.46. The molecule has 0 radical (unpaired) electrons. The zero-order valence-corrected chi connectivity index (χ0v) is 14.3. The van der Waals surface area contributed by atoms with Gasteiger partial charge in [-0.05, 0) is 50.2 Å². The number of aromatic nitrogens is 2. The summed E-state index contributed by atoms with van der Waals surface area (Å²) in [7, 11) is 0. The van der Waals surface area contributed by atoms with Crippen molar-refractivity contribution in [1.82, 2.24) is 20.2 Å². The summed E-state index contributed by atoms with van der Waals surface area (Å²) >= 11 is 0. The first kappa shape index (κ1) is 16.5. The number of likely N-dealkylation sites (tertiary alicyclic amines) is 1. The Kier molecular flexibility index (Phi) is 4.53. The molecule has 0 saturated carbocycles. The van der Waals surface area contributed by atoms with Gasteiger partial charge in [0.1, 0.15) is 11.6 Å². The van der Waals surface area contributed by atoms with Crippen LogP contribution in [0.5, 0.6) is 0 Å². The Morgan fingerprint density at radius 2 is 2.00 bits per heavy atom. The highest BCUT2D eigenvalue weighted by Crippen LogP contribution is 2.15. The van der Waals surface area contributed by atoms with Crippen LogP contribution in [0.1, 0.15) is 35.0 Å². The number of amides is 1. The quantitative estimate of drug-likeness (QED) is 0.733. The lowest BCUT2D eigenvalue weighted by Crippen LogP contribution is -2.25. The van der Waals surface area contributed by atoms with Crippen molar-refractivity contribution in [1.29, 1.82) is 0 Å². The van der Waals surface area contributed by atoms with Crippen molar-refractivity contribution in [2.24, 2.45) is 0 Å². The van der Waals surface area contributed by atoms with E-state index in [2.05, 4.69) is 20.2 Å². The molecular formula is C19H20N4O3. The van der Waals surface area contributed by atoms with E-state index in [9.17, 15) is 9.59 Å². The summed E-state index contributed by atoms with van der Waals surface area (Å²) in [4.78, 5) is 33.7. The number of hydrogen-bond donors (Lipinski definition) is 2. The number of aromatic amines is 1. The molecule has 0 atom stereocenters. The summed E-state index contributed by atoms with van der Waals surface area (Å²) in [5.74, 6) is 1.14. The van der Waals surface area contributed by atoms with Gasteiger partial charge in [-0.1, -0.05) is 12.1 Å². The molecule has 7 nitrogen and oxygen atoms in total. The molecule has 1 amide bonds. The van der Waals surface area contributed by atoms with E-state index in [1.165, 1.54) is 12.8 Å². The molecule has 134 valence electrons. The molecule has 3 aromatic rings. The minimum absolute atomic E-state index is 0.126. The number of furan rings is 1. The third-order valence-electron chi connectivity index (χ3n) is 4.54. The standard InChI is InChI=1S/C19H20N4O3/c24-18-14-5-1-2-6-15(14)21-17(22-18)11-20-19(25)16-8-7-13(26-16)12-23-9-3-4-10-23/h1-2,5-8H,3-4,9-12H2,(H,20,25)(H,21,22,24). The van der Waals surface area contributed by atoms with Crippen LogP contribution in [0.3, 0.4) is 0 Å². The highest BCUT2D eigenvalue weighted by Gasteiger charge is 2.16. The average Bonchev–Trinajstić information content (AvgIpc) is 3.32. The predicted molar refractivity (Wildman–Crippen MR) is 96.8 cm³/mol. The fraction of sp³-hybridized carbons (Fsp3) is 0.316. The molecule has 1 fully saturated rings. The van der Waals surface area contributed by atoms with Crippen LogP contribution in [-0.4, -0.2) is 33.9 Å². The topological polar surface area (TPSA) is 91.2 Å². The zero-order chi connectivity index (χ0) is 17.9. The lowest BCUT2D eigenvalue weighted by molar-refractivity contribution is 0.0918. The summed E-state index contributed by atoms with van der Waals surface area (Å²) in [6, 6.07) is 10.6. The van der Waals surface area contributed by atoms with Crippen LogP contribution in [-0.2, 0) is 13.1 Å². The molecule has 4 rings (SSSR count). The van der Waals surface area contributed by atoms with Crippen molar-refractivity contribution in [3.8, 4) is 0 Å². The van der Waals surface area contributed by atoms with E-state index in [1.807, 2.05) is 12.1 Å². The van der Waals surface area contributed by atoms with Gasteiger partial charge in [0.15, 0.2) is 5.76 Å². The molecule has 2 aromatic heterocycles. The number of benzene rings is 1. The Balaban J connectivity index is 1.41. The van der Waals surface area contributed by atoms with E-state index in [0.29, 0.717) is 16.7 Å². The Morgan fingerprint density at radius 3 is 2.85 bits per heavy atom. The summed E-state index contributed by atoms with van der Waals surface area (Å²) in [5, 5.41) is 3.26. The van der Waals surface area contributed by atoms with E-state index in [1.54, 1.807) is 24.3 Å². The van der Waals surface area contributed by atoms with Gasteiger partial charge in [0.25, 0.3) is 11.5 Å². The molecule has 0 unspecified atom stereocenters. The van der Waals surface area contributed by atoms with Crippen molar-refractivity contribution in [3.05, 3.63) is 64.1 Å². The zero-order valence-electron chi connectivity index (χ0n) is 14.3. The number of nitrogens with zero attached hydrogens (tertiary/aromatic N) is 2. The Labute approximate surface area is 150 Å².